The molecule has 0 bridgehead atoms. The van der Waals surface area contributed by atoms with E-state index in [2.05, 4.69) is 31.1 Å². The van der Waals surface area contributed by atoms with Gasteiger partial charge in [-0.05, 0) is 36.1 Å². The second-order valence-corrected chi connectivity index (χ2v) is 6.01. The fraction of sp³-hybridized carbons (Fsp3) is 0.368. The van der Waals surface area contributed by atoms with Gasteiger partial charge < -0.3 is 4.90 Å². The van der Waals surface area contributed by atoms with E-state index in [4.69, 9.17) is 0 Å². The van der Waals surface area contributed by atoms with Crippen LogP contribution in [0.25, 0.3) is 6.08 Å². The van der Waals surface area contributed by atoms with Crippen LogP contribution in [0.4, 0.5) is 0 Å². The van der Waals surface area contributed by atoms with Gasteiger partial charge in [-0.1, -0.05) is 38.1 Å². The third-order valence-corrected chi connectivity index (χ3v) is 3.82. The van der Waals surface area contributed by atoms with Crippen molar-refractivity contribution in [3.05, 3.63) is 59.4 Å². The Hall–Kier alpha value is -2.36. The van der Waals surface area contributed by atoms with Gasteiger partial charge in [0.1, 0.15) is 0 Å². The minimum Gasteiger partial charge on any atom is -0.336 e. The van der Waals surface area contributed by atoms with Crippen LogP contribution >= 0.6 is 0 Å². The number of carbonyl (C=O) groups excluding carboxylic acids is 1. The average molecular weight is 311 g/mol. The zero-order chi connectivity index (χ0) is 16.8. The molecule has 0 radical (unpaired) electrons. The van der Waals surface area contributed by atoms with E-state index in [-0.39, 0.29) is 5.91 Å². The van der Waals surface area contributed by atoms with Gasteiger partial charge in [0.05, 0.1) is 12.2 Å². The first-order chi connectivity index (χ1) is 11.0. The molecule has 0 aliphatic heterocycles. The molecule has 0 aliphatic carbocycles. The van der Waals surface area contributed by atoms with Crippen LogP contribution < -0.4 is 0 Å². The maximum atomic E-state index is 12.2. The van der Waals surface area contributed by atoms with E-state index in [0.717, 1.165) is 17.8 Å². The highest BCUT2D eigenvalue weighted by Gasteiger charge is 2.08. The quantitative estimate of drug-likeness (QED) is 0.763. The molecule has 0 unspecified atom stereocenters. The summed E-state index contributed by atoms with van der Waals surface area (Å²) in [5.74, 6) is 0.493. The summed E-state index contributed by atoms with van der Waals surface area (Å²) in [6.07, 6.45) is 5.40. The van der Waals surface area contributed by atoms with Gasteiger partial charge in [-0.3, -0.25) is 9.48 Å². The first-order valence-corrected chi connectivity index (χ1v) is 8.05. The van der Waals surface area contributed by atoms with E-state index in [0.29, 0.717) is 12.5 Å². The number of rotatable bonds is 6. The van der Waals surface area contributed by atoms with Crippen molar-refractivity contribution in [3.8, 4) is 0 Å². The van der Waals surface area contributed by atoms with Crippen LogP contribution in [-0.4, -0.2) is 27.6 Å². The third kappa shape index (κ3) is 4.81. The van der Waals surface area contributed by atoms with Gasteiger partial charge >= 0.3 is 0 Å². The molecule has 1 aromatic heterocycles. The molecule has 4 nitrogen and oxygen atoms in total. The molecule has 1 aromatic carbocycles. The number of amides is 1. The molecule has 23 heavy (non-hydrogen) atoms. The van der Waals surface area contributed by atoms with Crippen LogP contribution in [0, 0.1) is 0 Å². The van der Waals surface area contributed by atoms with Gasteiger partial charge in [-0.15, -0.1) is 0 Å². The summed E-state index contributed by atoms with van der Waals surface area (Å²) < 4.78 is 1.86. The summed E-state index contributed by atoms with van der Waals surface area (Å²) in [6.45, 7) is 7.73. The molecular formula is C19H25N3O. The van der Waals surface area contributed by atoms with Crippen molar-refractivity contribution in [3.63, 3.8) is 0 Å². The second kappa shape index (κ2) is 7.77. The maximum absolute atomic E-state index is 12.2. The van der Waals surface area contributed by atoms with E-state index < -0.39 is 0 Å². The molecule has 0 saturated heterocycles. The van der Waals surface area contributed by atoms with Crippen molar-refractivity contribution in [1.29, 1.82) is 0 Å². The molecular weight excluding hydrogens is 286 g/mol. The van der Waals surface area contributed by atoms with Crippen molar-refractivity contribution in [2.24, 2.45) is 0 Å². The smallest absolute Gasteiger partial charge is 0.246 e. The Morgan fingerprint density at radius 1 is 1.26 bits per heavy atom. The largest absolute Gasteiger partial charge is 0.336 e. The van der Waals surface area contributed by atoms with E-state index in [1.165, 1.54) is 5.56 Å². The van der Waals surface area contributed by atoms with Crippen molar-refractivity contribution >= 4 is 12.0 Å². The predicted octanol–water partition coefficient (Wildman–Crippen LogP) is 3.70. The topological polar surface area (TPSA) is 38.1 Å². The highest BCUT2D eigenvalue weighted by atomic mass is 16.2. The summed E-state index contributed by atoms with van der Waals surface area (Å²) in [4.78, 5) is 13.8. The van der Waals surface area contributed by atoms with Crippen molar-refractivity contribution in [1.82, 2.24) is 14.7 Å². The van der Waals surface area contributed by atoms with Crippen LogP contribution in [0.5, 0.6) is 0 Å². The van der Waals surface area contributed by atoms with Crippen molar-refractivity contribution in [2.45, 2.75) is 39.8 Å². The Balaban J connectivity index is 1.94. The van der Waals surface area contributed by atoms with Crippen LogP contribution in [0.15, 0.2) is 42.6 Å². The van der Waals surface area contributed by atoms with E-state index in [1.54, 1.807) is 18.0 Å². The summed E-state index contributed by atoms with van der Waals surface area (Å²) in [7, 11) is 1.79. The Labute approximate surface area is 138 Å². The second-order valence-electron chi connectivity index (χ2n) is 6.01. The lowest BCUT2D eigenvalue weighted by atomic mass is 10.0. The SMILES string of the molecule is CCn1ccc(CN(C)C(=O)/C=C/c2ccc(C(C)C)cc2)n1. The number of aromatic nitrogens is 2. The molecule has 0 saturated carbocycles. The number of nitrogens with zero attached hydrogens (tertiary/aromatic N) is 3. The Morgan fingerprint density at radius 3 is 2.52 bits per heavy atom. The van der Waals surface area contributed by atoms with Crippen LogP contribution in [0.3, 0.4) is 0 Å². The molecule has 2 rings (SSSR count). The fourth-order valence-corrected chi connectivity index (χ4v) is 2.27. The highest BCUT2D eigenvalue weighted by molar-refractivity contribution is 5.91. The molecule has 0 atom stereocenters. The van der Waals surface area contributed by atoms with E-state index in [1.807, 2.05) is 42.1 Å². The Bertz CT molecular complexity index is 668. The fourth-order valence-electron chi connectivity index (χ4n) is 2.27. The van der Waals surface area contributed by atoms with Gasteiger partial charge in [0.15, 0.2) is 0 Å². The lowest BCUT2D eigenvalue weighted by Gasteiger charge is -2.13. The van der Waals surface area contributed by atoms with Crippen molar-refractivity contribution in [2.75, 3.05) is 7.05 Å². The van der Waals surface area contributed by atoms with Gasteiger partial charge in [-0.25, -0.2) is 0 Å². The summed E-state index contributed by atoms with van der Waals surface area (Å²) in [5, 5.41) is 4.39. The first kappa shape index (κ1) is 17.0. The Kier molecular flexibility index (Phi) is 5.74. The zero-order valence-electron chi connectivity index (χ0n) is 14.4. The van der Waals surface area contributed by atoms with E-state index >= 15 is 0 Å². The summed E-state index contributed by atoms with van der Waals surface area (Å²) in [6, 6.07) is 10.2. The summed E-state index contributed by atoms with van der Waals surface area (Å²) >= 11 is 0. The number of hydrogen-bond donors (Lipinski definition) is 0. The maximum Gasteiger partial charge on any atom is 0.246 e. The molecule has 0 fully saturated rings. The minimum absolute atomic E-state index is 0.0241. The van der Waals surface area contributed by atoms with Crippen LogP contribution in [0.2, 0.25) is 0 Å². The highest BCUT2D eigenvalue weighted by Crippen LogP contribution is 2.15. The van der Waals surface area contributed by atoms with Gasteiger partial charge in [0.2, 0.25) is 5.91 Å². The minimum atomic E-state index is -0.0241. The lowest BCUT2D eigenvalue weighted by molar-refractivity contribution is -0.125. The molecule has 1 heterocycles. The number of aryl methyl sites for hydroxylation is 1. The van der Waals surface area contributed by atoms with Gasteiger partial charge in [-0.2, -0.15) is 5.10 Å². The first-order valence-electron chi connectivity index (χ1n) is 8.05. The normalized spacial score (nSPS) is 11.3. The molecule has 122 valence electrons. The molecule has 0 N–H and O–H groups in total. The zero-order valence-corrected chi connectivity index (χ0v) is 14.4. The number of likely N-dealkylation sites (N-methyl/N-ethyl adjacent to an activating group) is 1. The number of benzene rings is 1. The lowest BCUT2D eigenvalue weighted by Crippen LogP contribution is -2.24. The standard InChI is InChI=1S/C19H25N3O/c1-5-22-13-12-18(20-22)14-21(4)19(23)11-8-16-6-9-17(10-7-16)15(2)3/h6-13,15H,5,14H2,1-4H3/b11-8+. The third-order valence-electron chi connectivity index (χ3n) is 3.82. The molecule has 2 aromatic rings. The summed E-state index contributed by atoms with van der Waals surface area (Å²) in [5.41, 5.74) is 3.24. The van der Waals surface area contributed by atoms with E-state index in [9.17, 15) is 4.79 Å². The van der Waals surface area contributed by atoms with Gasteiger partial charge in [0, 0.05) is 25.9 Å². The Morgan fingerprint density at radius 2 is 1.96 bits per heavy atom. The molecule has 1 amide bonds. The van der Waals surface area contributed by atoms with Crippen LogP contribution in [-0.2, 0) is 17.9 Å². The number of hydrogen-bond acceptors (Lipinski definition) is 2. The molecule has 4 heteroatoms. The monoisotopic (exact) mass is 311 g/mol. The number of carbonyl (C=O) groups is 1. The van der Waals surface area contributed by atoms with Crippen LogP contribution in [0.1, 0.15) is 43.5 Å². The predicted molar refractivity (Wildman–Crippen MR) is 93.9 cm³/mol. The average Bonchev–Trinajstić information content (AvgIpc) is 3.00. The molecule has 0 aliphatic rings. The van der Waals surface area contributed by atoms with Gasteiger partial charge in [0.25, 0.3) is 0 Å². The van der Waals surface area contributed by atoms with Crippen molar-refractivity contribution < 1.29 is 4.79 Å². The molecule has 0 spiro atoms.